The van der Waals surface area contributed by atoms with Gasteiger partial charge in [-0.05, 0) is 19.8 Å². The van der Waals surface area contributed by atoms with Crippen molar-refractivity contribution in [2.45, 2.75) is 19.8 Å². The monoisotopic (exact) mass is 184 g/mol. The van der Waals surface area contributed by atoms with Crippen molar-refractivity contribution in [3.05, 3.63) is 12.2 Å². The first-order valence-corrected chi connectivity index (χ1v) is 4.09. The van der Waals surface area contributed by atoms with Crippen molar-refractivity contribution in [1.82, 2.24) is 0 Å². The number of hydrogen-bond donors (Lipinski definition) is 2. The molecule has 0 saturated heterocycles. The van der Waals surface area contributed by atoms with Gasteiger partial charge in [0, 0.05) is 0 Å². The van der Waals surface area contributed by atoms with Crippen LogP contribution < -0.4 is 0 Å². The van der Waals surface area contributed by atoms with E-state index in [1.807, 2.05) is 0 Å². The molecule has 0 radical (unpaired) electrons. The Bertz CT molecular complexity index is 269. The summed E-state index contributed by atoms with van der Waals surface area (Å²) in [4.78, 5) is 21.7. The van der Waals surface area contributed by atoms with Crippen LogP contribution in [0.3, 0.4) is 0 Å². The summed E-state index contributed by atoms with van der Waals surface area (Å²) in [5.41, 5.74) is -1.15. The van der Waals surface area contributed by atoms with Gasteiger partial charge in [0.05, 0.1) is 11.3 Å². The van der Waals surface area contributed by atoms with Gasteiger partial charge in [-0.25, -0.2) is 0 Å². The molecule has 13 heavy (non-hydrogen) atoms. The van der Waals surface area contributed by atoms with Crippen LogP contribution in [0.15, 0.2) is 12.2 Å². The minimum absolute atomic E-state index is 0.291. The second-order valence-electron chi connectivity index (χ2n) is 3.52. The predicted octanol–water partition coefficient (Wildman–Crippen LogP) is 1.13. The van der Waals surface area contributed by atoms with Crippen LogP contribution in [0.2, 0.25) is 0 Å². The molecule has 4 nitrogen and oxygen atoms in total. The van der Waals surface area contributed by atoms with E-state index in [0.717, 1.165) is 0 Å². The van der Waals surface area contributed by atoms with E-state index in [4.69, 9.17) is 10.2 Å². The summed E-state index contributed by atoms with van der Waals surface area (Å²) >= 11 is 0. The van der Waals surface area contributed by atoms with Crippen LogP contribution in [-0.2, 0) is 9.59 Å². The van der Waals surface area contributed by atoms with Gasteiger partial charge in [-0.3, -0.25) is 9.59 Å². The Morgan fingerprint density at radius 1 is 1.38 bits per heavy atom. The zero-order valence-corrected chi connectivity index (χ0v) is 7.36. The molecule has 0 aliphatic heterocycles. The fourth-order valence-electron chi connectivity index (χ4n) is 1.57. The molecule has 0 amide bonds. The lowest BCUT2D eigenvalue weighted by atomic mass is 9.70. The summed E-state index contributed by atoms with van der Waals surface area (Å²) in [6.45, 7) is 1.48. The molecule has 0 fully saturated rings. The SMILES string of the molecule is CC1(C(=O)O)CC=CCC1C(=O)O. The Balaban J connectivity index is 2.99. The van der Waals surface area contributed by atoms with Crippen LogP contribution in [-0.4, -0.2) is 22.2 Å². The summed E-state index contributed by atoms with van der Waals surface area (Å²) < 4.78 is 0. The Morgan fingerprint density at radius 3 is 2.38 bits per heavy atom. The largest absolute Gasteiger partial charge is 0.481 e. The molecular formula is C9H12O4. The summed E-state index contributed by atoms with van der Waals surface area (Å²) in [6.07, 6.45) is 4.05. The van der Waals surface area contributed by atoms with Gasteiger partial charge in [-0.15, -0.1) is 0 Å². The Morgan fingerprint density at radius 2 is 2.00 bits per heavy atom. The number of hydrogen-bond acceptors (Lipinski definition) is 2. The van der Waals surface area contributed by atoms with E-state index in [1.54, 1.807) is 12.2 Å². The zero-order chi connectivity index (χ0) is 10.1. The van der Waals surface area contributed by atoms with Crippen LogP contribution in [0.25, 0.3) is 0 Å². The topological polar surface area (TPSA) is 74.6 Å². The second kappa shape index (κ2) is 3.20. The lowest BCUT2D eigenvalue weighted by Gasteiger charge is -2.32. The fraction of sp³-hybridized carbons (Fsp3) is 0.556. The van der Waals surface area contributed by atoms with Crippen LogP contribution >= 0.6 is 0 Å². The van der Waals surface area contributed by atoms with Gasteiger partial charge >= 0.3 is 11.9 Å². The summed E-state index contributed by atoms with van der Waals surface area (Å²) in [6, 6.07) is 0. The first-order chi connectivity index (χ1) is 5.98. The van der Waals surface area contributed by atoms with Crippen LogP contribution in [0, 0.1) is 11.3 Å². The van der Waals surface area contributed by atoms with Crippen molar-refractivity contribution >= 4 is 11.9 Å². The summed E-state index contributed by atoms with van der Waals surface area (Å²) in [7, 11) is 0. The molecule has 0 heterocycles. The third kappa shape index (κ3) is 1.56. The van der Waals surface area contributed by atoms with Gasteiger partial charge in [0.2, 0.25) is 0 Å². The maximum absolute atomic E-state index is 10.9. The molecule has 1 aliphatic carbocycles. The van der Waals surface area contributed by atoms with Crippen molar-refractivity contribution < 1.29 is 19.8 Å². The van der Waals surface area contributed by atoms with Crippen molar-refractivity contribution in [3.63, 3.8) is 0 Å². The van der Waals surface area contributed by atoms with Gasteiger partial charge in [-0.1, -0.05) is 12.2 Å². The Hall–Kier alpha value is -1.32. The van der Waals surface area contributed by atoms with Crippen molar-refractivity contribution in [3.8, 4) is 0 Å². The Labute approximate surface area is 75.9 Å². The summed E-state index contributed by atoms with van der Waals surface area (Å²) in [5, 5.41) is 17.7. The maximum Gasteiger partial charge on any atom is 0.310 e. The lowest BCUT2D eigenvalue weighted by molar-refractivity contribution is -0.161. The van der Waals surface area contributed by atoms with Crippen LogP contribution in [0.5, 0.6) is 0 Å². The van der Waals surface area contributed by atoms with E-state index in [9.17, 15) is 9.59 Å². The number of carbonyl (C=O) groups is 2. The highest BCUT2D eigenvalue weighted by atomic mass is 16.4. The maximum atomic E-state index is 10.9. The van der Waals surface area contributed by atoms with E-state index >= 15 is 0 Å². The van der Waals surface area contributed by atoms with E-state index in [0.29, 0.717) is 12.8 Å². The molecule has 0 aromatic heterocycles. The van der Waals surface area contributed by atoms with E-state index in [-0.39, 0.29) is 0 Å². The molecule has 72 valence electrons. The minimum atomic E-state index is -1.15. The lowest BCUT2D eigenvalue weighted by Crippen LogP contribution is -2.41. The molecule has 2 atom stereocenters. The van der Waals surface area contributed by atoms with Crippen LogP contribution in [0.4, 0.5) is 0 Å². The molecule has 0 spiro atoms. The fourth-order valence-corrected chi connectivity index (χ4v) is 1.57. The zero-order valence-electron chi connectivity index (χ0n) is 7.36. The highest BCUT2D eigenvalue weighted by Gasteiger charge is 2.45. The van der Waals surface area contributed by atoms with Gasteiger partial charge in [0.1, 0.15) is 0 Å². The first kappa shape index (κ1) is 9.77. The van der Waals surface area contributed by atoms with Crippen molar-refractivity contribution in [2.24, 2.45) is 11.3 Å². The van der Waals surface area contributed by atoms with Crippen LogP contribution in [0.1, 0.15) is 19.8 Å². The standard InChI is InChI=1S/C9H12O4/c1-9(8(12)13)5-3-2-4-6(9)7(10)11/h2-3,6H,4-5H2,1H3,(H,10,11)(H,12,13). The van der Waals surface area contributed by atoms with Crippen molar-refractivity contribution in [2.75, 3.05) is 0 Å². The highest BCUT2D eigenvalue weighted by Crippen LogP contribution is 2.38. The third-order valence-electron chi connectivity index (χ3n) is 2.64. The van der Waals surface area contributed by atoms with Gasteiger partial charge in [0.15, 0.2) is 0 Å². The molecule has 2 N–H and O–H groups in total. The molecule has 2 unspecified atom stereocenters. The van der Waals surface area contributed by atoms with Gasteiger partial charge < -0.3 is 10.2 Å². The van der Waals surface area contributed by atoms with E-state index < -0.39 is 23.3 Å². The average molecular weight is 184 g/mol. The molecule has 1 rings (SSSR count). The molecule has 4 heteroatoms. The second-order valence-corrected chi connectivity index (χ2v) is 3.52. The number of carboxylic acids is 2. The highest BCUT2D eigenvalue weighted by molar-refractivity contribution is 5.83. The quantitative estimate of drug-likeness (QED) is 0.631. The summed E-state index contributed by atoms with van der Waals surface area (Å²) in [5.74, 6) is -2.88. The molecular weight excluding hydrogens is 172 g/mol. The Kier molecular flexibility index (Phi) is 2.40. The van der Waals surface area contributed by atoms with Gasteiger partial charge in [-0.2, -0.15) is 0 Å². The third-order valence-corrected chi connectivity index (χ3v) is 2.64. The number of carboxylic acid groups (broad SMARTS) is 2. The number of allylic oxidation sites excluding steroid dienone is 2. The van der Waals surface area contributed by atoms with Crippen molar-refractivity contribution in [1.29, 1.82) is 0 Å². The predicted molar refractivity (Wildman–Crippen MR) is 45.2 cm³/mol. The smallest absolute Gasteiger partial charge is 0.310 e. The van der Waals surface area contributed by atoms with Gasteiger partial charge in [0.25, 0.3) is 0 Å². The molecule has 0 aromatic rings. The molecule has 0 bridgehead atoms. The van der Waals surface area contributed by atoms with E-state index in [2.05, 4.69) is 0 Å². The first-order valence-electron chi connectivity index (χ1n) is 4.09. The molecule has 1 aliphatic rings. The number of rotatable bonds is 2. The molecule has 0 saturated carbocycles. The van der Waals surface area contributed by atoms with E-state index in [1.165, 1.54) is 6.92 Å². The molecule has 0 aromatic carbocycles. The normalized spacial score (nSPS) is 32.8. The minimum Gasteiger partial charge on any atom is -0.481 e. The average Bonchev–Trinajstić information content (AvgIpc) is 2.04. The number of aliphatic carboxylic acids is 2.